The first-order valence-corrected chi connectivity index (χ1v) is 5.31. The minimum atomic E-state index is 0.756. The molecule has 0 bridgehead atoms. The molecule has 0 spiro atoms. The van der Waals surface area contributed by atoms with Crippen molar-refractivity contribution in [3.05, 3.63) is 34.3 Å². The molecule has 1 nitrogen and oxygen atoms in total. The first kappa shape index (κ1) is 11.4. The molecular formula is C11H12ClNS. The Morgan fingerprint density at radius 3 is 2.93 bits per heavy atom. The largest absolute Gasteiger partial charge is 0.233 e. The van der Waals surface area contributed by atoms with E-state index in [1.54, 1.807) is 0 Å². The van der Waals surface area contributed by atoms with Gasteiger partial charge in [-0.3, -0.25) is 0 Å². The minimum absolute atomic E-state index is 0.756. The van der Waals surface area contributed by atoms with E-state index in [2.05, 4.69) is 35.4 Å². The molecule has 0 atom stereocenters. The Kier molecular flexibility index (Phi) is 4.81. The summed E-state index contributed by atoms with van der Waals surface area (Å²) in [6.07, 6.45) is 2.02. The third-order valence-electron chi connectivity index (χ3n) is 2.09. The first-order chi connectivity index (χ1) is 6.74. The Bertz CT molecular complexity index is 356. The minimum Gasteiger partial charge on any atom is -0.233 e. The van der Waals surface area contributed by atoms with Crippen LogP contribution in [0.2, 0.25) is 5.02 Å². The summed E-state index contributed by atoms with van der Waals surface area (Å²) in [4.78, 5) is 3.87. The van der Waals surface area contributed by atoms with Crippen LogP contribution in [-0.4, -0.2) is 11.7 Å². The van der Waals surface area contributed by atoms with E-state index in [1.165, 1.54) is 11.1 Å². The number of benzene rings is 1. The van der Waals surface area contributed by atoms with Crippen LogP contribution in [-0.2, 0) is 6.42 Å². The zero-order chi connectivity index (χ0) is 10.4. The lowest BCUT2D eigenvalue weighted by Crippen LogP contribution is -1.91. The van der Waals surface area contributed by atoms with E-state index in [4.69, 9.17) is 11.6 Å². The highest BCUT2D eigenvalue weighted by molar-refractivity contribution is 7.78. The molecule has 74 valence electrons. The van der Waals surface area contributed by atoms with Gasteiger partial charge in [0.2, 0.25) is 0 Å². The molecule has 1 aromatic carbocycles. The molecule has 0 saturated heterocycles. The van der Waals surface area contributed by atoms with Gasteiger partial charge in [-0.15, -0.1) is 0 Å². The summed E-state index contributed by atoms with van der Waals surface area (Å²) >= 11 is 10.3. The fourth-order valence-corrected chi connectivity index (χ4v) is 1.65. The average Bonchev–Trinajstić information content (AvgIpc) is 2.15. The fourth-order valence-electron chi connectivity index (χ4n) is 1.33. The van der Waals surface area contributed by atoms with E-state index < -0.39 is 0 Å². The number of nitrogens with zero attached hydrogens (tertiary/aromatic N) is 1. The molecule has 0 N–H and O–H groups in total. The third kappa shape index (κ3) is 3.59. The highest BCUT2D eigenvalue weighted by atomic mass is 35.5. The lowest BCUT2D eigenvalue weighted by molar-refractivity contribution is 0.832. The molecule has 1 aromatic rings. The molecule has 3 heteroatoms. The Balaban J connectivity index is 2.54. The number of hydrogen-bond donors (Lipinski definition) is 0. The van der Waals surface area contributed by atoms with Crippen molar-refractivity contribution in [1.82, 2.24) is 0 Å². The van der Waals surface area contributed by atoms with Gasteiger partial charge in [-0.1, -0.05) is 17.7 Å². The number of rotatable bonds is 4. The van der Waals surface area contributed by atoms with Crippen LogP contribution in [0.1, 0.15) is 17.5 Å². The summed E-state index contributed by atoms with van der Waals surface area (Å²) in [7, 11) is 0. The van der Waals surface area contributed by atoms with E-state index in [-0.39, 0.29) is 0 Å². The summed E-state index contributed by atoms with van der Waals surface area (Å²) in [5.41, 5.74) is 2.57. The van der Waals surface area contributed by atoms with Gasteiger partial charge < -0.3 is 0 Å². The Morgan fingerprint density at radius 1 is 1.50 bits per heavy atom. The topological polar surface area (TPSA) is 12.4 Å². The van der Waals surface area contributed by atoms with Gasteiger partial charge in [0.05, 0.1) is 5.16 Å². The number of aryl methyl sites for hydroxylation is 2. The molecule has 0 fully saturated rings. The van der Waals surface area contributed by atoms with Crippen LogP contribution < -0.4 is 0 Å². The van der Waals surface area contributed by atoms with Crippen LogP contribution in [0.25, 0.3) is 0 Å². The predicted octanol–water partition coefficient (Wildman–Crippen LogP) is 3.68. The zero-order valence-corrected chi connectivity index (χ0v) is 9.66. The van der Waals surface area contributed by atoms with Crippen molar-refractivity contribution in [1.29, 1.82) is 0 Å². The van der Waals surface area contributed by atoms with Crippen molar-refractivity contribution >= 4 is 29.0 Å². The molecule has 0 heterocycles. The average molecular weight is 226 g/mol. The number of halogens is 1. The van der Waals surface area contributed by atoms with Crippen LogP contribution in [0.5, 0.6) is 0 Å². The van der Waals surface area contributed by atoms with E-state index in [0.717, 1.165) is 24.4 Å². The highest BCUT2D eigenvalue weighted by Crippen LogP contribution is 2.16. The smallest absolute Gasteiger partial charge is 0.0584 e. The molecule has 1 rings (SSSR count). The van der Waals surface area contributed by atoms with E-state index in [9.17, 15) is 0 Å². The van der Waals surface area contributed by atoms with Gasteiger partial charge in [-0.05, 0) is 55.2 Å². The summed E-state index contributed by atoms with van der Waals surface area (Å²) in [6, 6.07) is 5.98. The maximum atomic E-state index is 5.86. The molecule has 0 amide bonds. The molecule has 0 radical (unpaired) electrons. The number of aliphatic imine (C=N–C) groups is 1. The Morgan fingerprint density at radius 2 is 2.29 bits per heavy atom. The lowest BCUT2D eigenvalue weighted by atomic mass is 10.0. The molecule has 0 unspecified atom stereocenters. The summed E-state index contributed by atoms with van der Waals surface area (Å²) in [5, 5.41) is 3.16. The quantitative estimate of drug-likeness (QED) is 0.433. The molecule has 14 heavy (non-hydrogen) atoms. The van der Waals surface area contributed by atoms with E-state index >= 15 is 0 Å². The van der Waals surface area contributed by atoms with Crippen LogP contribution >= 0.6 is 23.8 Å². The van der Waals surface area contributed by atoms with Crippen LogP contribution in [0.4, 0.5) is 0 Å². The van der Waals surface area contributed by atoms with Gasteiger partial charge in [-0.25, -0.2) is 4.99 Å². The number of thiocarbonyl (C=S) groups is 1. The van der Waals surface area contributed by atoms with E-state index in [0.29, 0.717) is 0 Å². The van der Waals surface area contributed by atoms with Gasteiger partial charge in [0.15, 0.2) is 0 Å². The van der Waals surface area contributed by atoms with Crippen molar-refractivity contribution in [2.24, 2.45) is 4.99 Å². The van der Waals surface area contributed by atoms with Crippen molar-refractivity contribution in [3.63, 3.8) is 0 Å². The van der Waals surface area contributed by atoms with Crippen molar-refractivity contribution < 1.29 is 0 Å². The van der Waals surface area contributed by atoms with Gasteiger partial charge >= 0.3 is 0 Å². The summed E-state index contributed by atoms with van der Waals surface area (Å²) in [5.74, 6) is 0. The van der Waals surface area contributed by atoms with Gasteiger partial charge in [0, 0.05) is 11.6 Å². The zero-order valence-electron chi connectivity index (χ0n) is 8.09. The van der Waals surface area contributed by atoms with Crippen molar-refractivity contribution in [3.8, 4) is 0 Å². The van der Waals surface area contributed by atoms with Crippen LogP contribution in [0, 0.1) is 6.92 Å². The lowest BCUT2D eigenvalue weighted by Gasteiger charge is -2.04. The van der Waals surface area contributed by atoms with Crippen molar-refractivity contribution in [2.75, 3.05) is 6.54 Å². The molecule has 0 aliphatic carbocycles. The Hall–Kier alpha value is -0.690. The standard InChI is InChI=1S/C11H12ClNS/c1-9-7-11(12)5-4-10(9)3-2-6-13-8-14/h4-5,7H,2-3,6H2,1H3. The predicted molar refractivity (Wildman–Crippen MR) is 64.4 cm³/mol. The Labute approximate surface area is 94.8 Å². The van der Waals surface area contributed by atoms with Crippen LogP contribution in [0.3, 0.4) is 0 Å². The molecule has 0 saturated carbocycles. The maximum absolute atomic E-state index is 5.86. The highest BCUT2D eigenvalue weighted by Gasteiger charge is 1.98. The molecule has 0 aliphatic heterocycles. The molecule has 0 aromatic heterocycles. The summed E-state index contributed by atoms with van der Waals surface area (Å²) < 4.78 is 0. The van der Waals surface area contributed by atoms with E-state index in [1.807, 2.05) is 12.1 Å². The SMILES string of the molecule is Cc1cc(Cl)ccc1CCCN=C=S. The second-order valence-corrected chi connectivity index (χ2v) is 3.77. The summed E-state index contributed by atoms with van der Waals surface area (Å²) in [6.45, 7) is 2.83. The van der Waals surface area contributed by atoms with Gasteiger partial charge in [0.1, 0.15) is 0 Å². The number of hydrogen-bond acceptors (Lipinski definition) is 2. The number of isothiocyanates is 1. The molecule has 0 aliphatic rings. The van der Waals surface area contributed by atoms with Gasteiger partial charge in [0.25, 0.3) is 0 Å². The second kappa shape index (κ2) is 5.92. The molecular weight excluding hydrogens is 214 g/mol. The monoisotopic (exact) mass is 225 g/mol. The normalized spacial score (nSPS) is 9.57. The third-order valence-corrected chi connectivity index (χ3v) is 2.45. The first-order valence-electron chi connectivity index (χ1n) is 4.52. The fraction of sp³-hybridized carbons (Fsp3) is 0.364. The maximum Gasteiger partial charge on any atom is 0.0584 e. The van der Waals surface area contributed by atoms with Gasteiger partial charge in [-0.2, -0.15) is 0 Å². The second-order valence-electron chi connectivity index (χ2n) is 3.15. The van der Waals surface area contributed by atoms with Crippen molar-refractivity contribution in [2.45, 2.75) is 19.8 Å². The van der Waals surface area contributed by atoms with Crippen LogP contribution in [0.15, 0.2) is 23.2 Å².